The fraction of sp³-hybridized carbons (Fsp3) is 0.133. The van der Waals surface area contributed by atoms with Crippen molar-refractivity contribution in [1.29, 1.82) is 0 Å². The van der Waals surface area contributed by atoms with Gasteiger partial charge in [0.05, 0.1) is 10.4 Å². The van der Waals surface area contributed by atoms with Crippen molar-refractivity contribution in [1.82, 2.24) is 10.2 Å². The Balaban J connectivity index is 2.43. The molecule has 0 fully saturated rings. The average Bonchev–Trinajstić information content (AvgIpc) is 2.90. The smallest absolute Gasteiger partial charge is 0.144 e. The van der Waals surface area contributed by atoms with Crippen molar-refractivity contribution in [3.05, 3.63) is 39.4 Å². The maximum absolute atomic E-state index is 10.4. The van der Waals surface area contributed by atoms with Crippen LogP contribution in [-0.4, -0.2) is 20.4 Å². The minimum absolute atomic E-state index is 0.0669. The average molecular weight is 323 g/mol. The maximum atomic E-state index is 10.4. The van der Waals surface area contributed by atoms with Crippen LogP contribution < -0.4 is 0 Å². The monoisotopic (exact) mass is 322 g/mol. The van der Waals surface area contributed by atoms with E-state index in [1.807, 2.05) is 0 Å². The van der Waals surface area contributed by atoms with E-state index in [0.717, 1.165) is 0 Å². The number of halogens is 2. The van der Waals surface area contributed by atoms with Gasteiger partial charge >= 0.3 is 0 Å². The van der Waals surface area contributed by atoms with Gasteiger partial charge in [0.25, 0.3) is 0 Å². The Morgan fingerprint density at radius 3 is 2.43 bits per heavy atom. The van der Waals surface area contributed by atoms with E-state index in [2.05, 4.69) is 10.2 Å². The van der Waals surface area contributed by atoms with Crippen LogP contribution in [0.4, 0.5) is 0 Å². The molecule has 3 N–H and O–H groups in total. The van der Waals surface area contributed by atoms with E-state index >= 15 is 0 Å². The van der Waals surface area contributed by atoms with E-state index in [-0.39, 0.29) is 11.5 Å². The van der Waals surface area contributed by atoms with E-state index in [1.165, 1.54) is 0 Å². The lowest BCUT2D eigenvalue weighted by Gasteiger charge is -2.09. The zero-order chi connectivity index (χ0) is 15.3. The molecule has 0 amide bonds. The second-order valence-corrected chi connectivity index (χ2v) is 5.74. The topological polar surface area (TPSA) is 69.1 Å². The van der Waals surface area contributed by atoms with E-state index in [0.29, 0.717) is 43.3 Å². The number of aromatic amines is 1. The molecular formula is C15H12Cl2N2O2. The summed E-state index contributed by atoms with van der Waals surface area (Å²) >= 11 is 12.2. The van der Waals surface area contributed by atoms with Gasteiger partial charge in [-0.15, -0.1) is 0 Å². The number of benzene rings is 2. The van der Waals surface area contributed by atoms with Crippen molar-refractivity contribution >= 4 is 34.1 Å². The third-order valence-corrected chi connectivity index (χ3v) is 4.26. The summed E-state index contributed by atoms with van der Waals surface area (Å²) in [6.45, 7) is 3.47. The van der Waals surface area contributed by atoms with Crippen molar-refractivity contribution in [2.75, 3.05) is 0 Å². The molecule has 0 saturated carbocycles. The highest BCUT2D eigenvalue weighted by Crippen LogP contribution is 2.43. The summed E-state index contributed by atoms with van der Waals surface area (Å²) in [7, 11) is 0. The van der Waals surface area contributed by atoms with E-state index in [4.69, 9.17) is 23.2 Å². The standard InChI is InChI=1S/C15H12Cl2N2O2/c1-6-7(2)15(21)13-11(14(6)20)12(18-19-13)9-5-8(16)3-4-10(9)17/h3-5,20-21H,1-2H3,(H,18,19). The first-order valence-corrected chi connectivity index (χ1v) is 7.02. The summed E-state index contributed by atoms with van der Waals surface area (Å²) in [6.07, 6.45) is 0. The minimum atomic E-state index is 0.0669. The van der Waals surface area contributed by atoms with Crippen LogP contribution in [0.1, 0.15) is 11.1 Å². The molecule has 1 heterocycles. The first kappa shape index (κ1) is 14.0. The third kappa shape index (κ3) is 2.03. The van der Waals surface area contributed by atoms with Crippen LogP contribution >= 0.6 is 23.2 Å². The van der Waals surface area contributed by atoms with Crippen LogP contribution in [0, 0.1) is 13.8 Å². The molecule has 0 bridgehead atoms. The van der Waals surface area contributed by atoms with Crippen molar-refractivity contribution in [2.45, 2.75) is 13.8 Å². The number of fused-ring (bicyclic) bond motifs is 1. The number of nitrogens with zero attached hydrogens (tertiary/aromatic N) is 1. The van der Waals surface area contributed by atoms with Gasteiger partial charge in [0.1, 0.15) is 22.7 Å². The number of aromatic nitrogens is 2. The quantitative estimate of drug-likeness (QED) is 0.575. The number of aromatic hydroxyl groups is 2. The molecule has 0 saturated heterocycles. The summed E-state index contributed by atoms with van der Waals surface area (Å²) in [5, 5.41) is 29.0. The van der Waals surface area contributed by atoms with Crippen LogP contribution in [-0.2, 0) is 0 Å². The first-order chi connectivity index (χ1) is 9.91. The van der Waals surface area contributed by atoms with E-state index in [9.17, 15) is 10.2 Å². The van der Waals surface area contributed by atoms with Crippen LogP contribution in [0.2, 0.25) is 10.0 Å². The molecule has 0 radical (unpaired) electrons. The number of hydrogen-bond donors (Lipinski definition) is 3. The fourth-order valence-corrected chi connectivity index (χ4v) is 2.73. The predicted molar refractivity (Wildman–Crippen MR) is 84.4 cm³/mol. The molecular weight excluding hydrogens is 311 g/mol. The van der Waals surface area contributed by atoms with Crippen LogP contribution in [0.5, 0.6) is 11.5 Å². The molecule has 1 aromatic heterocycles. The largest absolute Gasteiger partial charge is 0.507 e. The summed E-state index contributed by atoms with van der Waals surface area (Å²) in [5.41, 5.74) is 2.62. The highest BCUT2D eigenvalue weighted by atomic mass is 35.5. The van der Waals surface area contributed by atoms with Crippen molar-refractivity contribution in [3.63, 3.8) is 0 Å². The number of hydrogen-bond acceptors (Lipinski definition) is 3. The zero-order valence-electron chi connectivity index (χ0n) is 11.3. The third-order valence-electron chi connectivity index (χ3n) is 3.70. The van der Waals surface area contributed by atoms with Crippen LogP contribution in [0.3, 0.4) is 0 Å². The van der Waals surface area contributed by atoms with Gasteiger partial charge in [-0.2, -0.15) is 5.10 Å². The summed E-state index contributed by atoms with van der Waals surface area (Å²) < 4.78 is 0. The number of phenols is 2. The van der Waals surface area contributed by atoms with Gasteiger partial charge in [-0.1, -0.05) is 23.2 Å². The first-order valence-electron chi connectivity index (χ1n) is 6.26. The Hall–Kier alpha value is -1.91. The van der Waals surface area contributed by atoms with Gasteiger partial charge in [-0.25, -0.2) is 0 Å². The summed E-state index contributed by atoms with van der Waals surface area (Å²) in [6, 6.07) is 5.01. The molecule has 0 aliphatic heterocycles. The fourth-order valence-electron chi connectivity index (χ4n) is 2.35. The maximum Gasteiger partial charge on any atom is 0.144 e. The lowest BCUT2D eigenvalue weighted by molar-refractivity contribution is 0.462. The van der Waals surface area contributed by atoms with Crippen LogP contribution in [0.15, 0.2) is 18.2 Å². The Kier molecular flexibility index (Phi) is 3.23. The number of phenolic OH excluding ortho intramolecular Hbond substituents is 2. The Morgan fingerprint density at radius 2 is 1.71 bits per heavy atom. The lowest BCUT2D eigenvalue weighted by atomic mass is 10.0. The minimum Gasteiger partial charge on any atom is -0.507 e. The lowest BCUT2D eigenvalue weighted by Crippen LogP contribution is -1.87. The van der Waals surface area contributed by atoms with Gasteiger partial charge in [-0.3, -0.25) is 5.10 Å². The molecule has 108 valence electrons. The van der Waals surface area contributed by atoms with Gasteiger partial charge in [-0.05, 0) is 43.2 Å². The molecule has 0 aliphatic carbocycles. The van der Waals surface area contributed by atoms with Gasteiger partial charge < -0.3 is 10.2 Å². The molecule has 0 aliphatic rings. The molecule has 2 aromatic carbocycles. The second-order valence-electron chi connectivity index (χ2n) is 4.89. The van der Waals surface area contributed by atoms with Gasteiger partial charge in [0, 0.05) is 10.6 Å². The Morgan fingerprint density at radius 1 is 1.05 bits per heavy atom. The van der Waals surface area contributed by atoms with Crippen molar-refractivity contribution in [2.24, 2.45) is 0 Å². The second kappa shape index (κ2) is 4.83. The van der Waals surface area contributed by atoms with Crippen molar-refractivity contribution < 1.29 is 10.2 Å². The molecule has 0 unspecified atom stereocenters. The van der Waals surface area contributed by atoms with Crippen LogP contribution in [0.25, 0.3) is 22.2 Å². The molecule has 0 atom stereocenters. The van der Waals surface area contributed by atoms with E-state index in [1.54, 1.807) is 32.0 Å². The number of H-pyrrole nitrogens is 1. The SMILES string of the molecule is Cc1c(C)c(O)c2c(-c3cc(Cl)ccc3Cl)n[nH]c2c1O. The highest BCUT2D eigenvalue weighted by Gasteiger charge is 2.21. The highest BCUT2D eigenvalue weighted by molar-refractivity contribution is 6.35. The molecule has 6 heteroatoms. The predicted octanol–water partition coefficient (Wildman–Crippen LogP) is 4.56. The van der Waals surface area contributed by atoms with Crippen molar-refractivity contribution in [3.8, 4) is 22.8 Å². The zero-order valence-corrected chi connectivity index (χ0v) is 12.8. The molecule has 3 aromatic rings. The number of nitrogens with one attached hydrogen (secondary N) is 1. The molecule has 3 rings (SSSR count). The van der Waals surface area contributed by atoms with Gasteiger partial charge in [0.15, 0.2) is 0 Å². The summed E-state index contributed by atoms with van der Waals surface area (Å²) in [5.74, 6) is 0.136. The molecule has 0 spiro atoms. The molecule has 21 heavy (non-hydrogen) atoms. The Bertz CT molecular complexity index is 872. The normalized spacial score (nSPS) is 11.2. The van der Waals surface area contributed by atoms with Gasteiger partial charge in [0.2, 0.25) is 0 Å². The Labute approximate surface area is 130 Å². The number of rotatable bonds is 1. The van der Waals surface area contributed by atoms with E-state index < -0.39 is 0 Å². The molecule has 4 nitrogen and oxygen atoms in total. The summed E-state index contributed by atoms with van der Waals surface area (Å²) in [4.78, 5) is 0.